The third-order valence-electron chi connectivity index (χ3n) is 3.16. The number of aromatic nitrogens is 3. The summed E-state index contributed by atoms with van der Waals surface area (Å²) in [6.45, 7) is 4.04. The summed E-state index contributed by atoms with van der Waals surface area (Å²) >= 11 is 0. The Bertz CT molecular complexity index is 534. The van der Waals surface area contributed by atoms with Crippen LogP contribution < -0.4 is 0 Å². The van der Waals surface area contributed by atoms with Crippen LogP contribution >= 0.6 is 0 Å². The van der Waals surface area contributed by atoms with Crippen LogP contribution in [0.5, 0.6) is 0 Å². The summed E-state index contributed by atoms with van der Waals surface area (Å²) in [7, 11) is 1.91. The molecule has 18 heavy (non-hydrogen) atoms. The number of aryl methyl sites for hydroxylation is 3. The second kappa shape index (κ2) is 5.31. The highest BCUT2D eigenvalue weighted by atomic mass is 16.3. The second-order valence-corrected chi connectivity index (χ2v) is 4.53. The van der Waals surface area contributed by atoms with Crippen molar-refractivity contribution in [1.82, 2.24) is 14.8 Å². The highest BCUT2D eigenvalue weighted by molar-refractivity contribution is 5.22. The van der Waals surface area contributed by atoms with E-state index in [4.69, 9.17) is 0 Å². The average Bonchev–Trinajstić information content (AvgIpc) is 2.70. The Balaban J connectivity index is 2.18. The molecule has 4 heteroatoms. The Morgan fingerprint density at radius 3 is 2.83 bits per heavy atom. The minimum absolute atomic E-state index is 0.543. The molecule has 0 spiro atoms. The van der Waals surface area contributed by atoms with Crippen molar-refractivity contribution in [1.29, 1.82) is 0 Å². The topological polar surface area (TPSA) is 50.9 Å². The molecular formula is C14H19N3O. The third kappa shape index (κ3) is 2.59. The summed E-state index contributed by atoms with van der Waals surface area (Å²) < 4.78 is 1.83. The molecule has 1 atom stereocenters. The van der Waals surface area contributed by atoms with Crippen molar-refractivity contribution in [3.8, 4) is 0 Å². The molecule has 0 radical (unpaired) electrons. The molecule has 0 bridgehead atoms. The van der Waals surface area contributed by atoms with E-state index in [1.54, 1.807) is 6.20 Å². The SMILES string of the molecule is CCc1cc(CC(O)c2ncccc2C)n(C)n1. The van der Waals surface area contributed by atoms with Gasteiger partial charge in [-0.15, -0.1) is 0 Å². The van der Waals surface area contributed by atoms with Gasteiger partial charge in [0.1, 0.15) is 6.10 Å². The Morgan fingerprint density at radius 2 is 2.22 bits per heavy atom. The summed E-state index contributed by atoms with van der Waals surface area (Å²) in [5.41, 5.74) is 3.85. The van der Waals surface area contributed by atoms with Gasteiger partial charge < -0.3 is 5.11 Å². The third-order valence-corrected chi connectivity index (χ3v) is 3.16. The van der Waals surface area contributed by atoms with E-state index in [0.29, 0.717) is 6.42 Å². The van der Waals surface area contributed by atoms with Crippen LogP contribution in [0.25, 0.3) is 0 Å². The zero-order chi connectivity index (χ0) is 13.1. The van der Waals surface area contributed by atoms with Crippen LogP contribution in [0.2, 0.25) is 0 Å². The molecular weight excluding hydrogens is 226 g/mol. The molecule has 96 valence electrons. The van der Waals surface area contributed by atoms with E-state index in [9.17, 15) is 5.11 Å². The number of pyridine rings is 1. The first-order chi connectivity index (χ1) is 8.61. The summed E-state index contributed by atoms with van der Waals surface area (Å²) in [4.78, 5) is 4.25. The second-order valence-electron chi connectivity index (χ2n) is 4.53. The molecule has 0 aliphatic heterocycles. The molecule has 1 N–H and O–H groups in total. The van der Waals surface area contributed by atoms with E-state index in [2.05, 4.69) is 17.0 Å². The maximum atomic E-state index is 10.3. The molecule has 2 rings (SSSR count). The zero-order valence-corrected chi connectivity index (χ0v) is 11.1. The number of hydrogen-bond acceptors (Lipinski definition) is 3. The number of aliphatic hydroxyl groups is 1. The van der Waals surface area contributed by atoms with Gasteiger partial charge in [0.2, 0.25) is 0 Å². The fourth-order valence-electron chi connectivity index (χ4n) is 2.08. The normalized spacial score (nSPS) is 12.7. The molecule has 0 fully saturated rings. The predicted molar refractivity (Wildman–Crippen MR) is 70.2 cm³/mol. The smallest absolute Gasteiger partial charge is 0.102 e. The summed E-state index contributed by atoms with van der Waals surface area (Å²) in [6, 6.07) is 5.89. The van der Waals surface area contributed by atoms with Gasteiger partial charge in [0.05, 0.1) is 11.4 Å². The standard InChI is InChI=1S/C14H19N3O/c1-4-11-8-12(17(3)16-11)9-13(18)14-10(2)6-5-7-15-14/h5-8,13,18H,4,9H2,1-3H3. The van der Waals surface area contributed by atoms with Gasteiger partial charge in [-0.05, 0) is 31.0 Å². The lowest BCUT2D eigenvalue weighted by atomic mass is 10.1. The van der Waals surface area contributed by atoms with E-state index in [0.717, 1.165) is 29.1 Å². The first-order valence-electron chi connectivity index (χ1n) is 6.23. The fourth-order valence-corrected chi connectivity index (χ4v) is 2.08. The summed E-state index contributed by atoms with van der Waals surface area (Å²) in [6.07, 6.45) is 2.59. The highest BCUT2D eigenvalue weighted by Crippen LogP contribution is 2.19. The monoisotopic (exact) mass is 245 g/mol. The van der Waals surface area contributed by atoms with E-state index in [-0.39, 0.29) is 0 Å². The van der Waals surface area contributed by atoms with E-state index < -0.39 is 6.10 Å². The molecule has 0 amide bonds. The largest absolute Gasteiger partial charge is 0.386 e. The van der Waals surface area contributed by atoms with Crippen LogP contribution in [-0.2, 0) is 19.9 Å². The van der Waals surface area contributed by atoms with E-state index in [1.165, 1.54) is 0 Å². The quantitative estimate of drug-likeness (QED) is 0.896. The van der Waals surface area contributed by atoms with Gasteiger partial charge in [-0.3, -0.25) is 9.67 Å². The minimum atomic E-state index is -0.577. The highest BCUT2D eigenvalue weighted by Gasteiger charge is 2.15. The fraction of sp³-hybridized carbons (Fsp3) is 0.429. The lowest BCUT2D eigenvalue weighted by molar-refractivity contribution is 0.170. The maximum absolute atomic E-state index is 10.3. The van der Waals surface area contributed by atoms with Crippen molar-refractivity contribution in [2.24, 2.45) is 7.05 Å². The lowest BCUT2D eigenvalue weighted by Gasteiger charge is -2.12. The van der Waals surface area contributed by atoms with Gasteiger partial charge in [-0.1, -0.05) is 13.0 Å². The number of nitrogens with zero attached hydrogens (tertiary/aromatic N) is 3. The van der Waals surface area contributed by atoms with Crippen molar-refractivity contribution in [2.45, 2.75) is 32.8 Å². The summed E-state index contributed by atoms with van der Waals surface area (Å²) in [5.74, 6) is 0. The molecule has 0 saturated carbocycles. The Labute approximate surface area is 107 Å². The van der Waals surface area contributed by atoms with Crippen LogP contribution in [0.1, 0.15) is 35.7 Å². The molecule has 2 heterocycles. The van der Waals surface area contributed by atoms with Crippen molar-refractivity contribution < 1.29 is 5.11 Å². The van der Waals surface area contributed by atoms with Gasteiger partial charge in [0, 0.05) is 25.4 Å². The molecule has 1 unspecified atom stereocenters. The Kier molecular flexibility index (Phi) is 3.77. The molecule has 2 aromatic rings. The van der Waals surface area contributed by atoms with E-state index in [1.807, 2.05) is 36.9 Å². The van der Waals surface area contributed by atoms with Crippen molar-refractivity contribution in [3.63, 3.8) is 0 Å². The van der Waals surface area contributed by atoms with E-state index >= 15 is 0 Å². The van der Waals surface area contributed by atoms with Gasteiger partial charge in [-0.25, -0.2) is 0 Å². The van der Waals surface area contributed by atoms with Gasteiger partial charge in [-0.2, -0.15) is 5.10 Å². The number of rotatable bonds is 4. The lowest BCUT2D eigenvalue weighted by Crippen LogP contribution is -2.09. The zero-order valence-electron chi connectivity index (χ0n) is 11.1. The average molecular weight is 245 g/mol. The van der Waals surface area contributed by atoms with Crippen molar-refractivity contribution in [2.75, 3.05) is 0 Å². The van der Waals surface area contributed by atoms with Crippen molar-refractivity contribution in [3.05, 3.63) is 47.0 Å². The van der Waals surface area contributed by atoms with Gasteiger partial charge in [0.25, 0.3) is 0 Å². The van der Waals surface area contributed by atoms with Gasteiger partial charge >= 0.3 is 0 Å². The number of hydrogen-bond donors (Lipinski definition) is 1. The first-order valence-corrected chi connectivity index (χ1v) is 6.23. The van der Waals surface area contributed by atoms with Crippen LogP contribution in [0.4, 0.5) is 0 Å². The Hall–Kier alpha value is -1.68. The van der Waals surface area contributed by atoms with Crippen LogP contribution in [0.3, 0.4) is 0 Å². The minimum Gasteiger partial charge on any atom is -0.386 e. The summed E-state index contributed by atoms with van der Waals surface area (Å²) in [5, 5.41) is 14.6. The van der Waals surface area contributed by atoms with Crippen LogP contribution in [-0.4, -0.2) is 19.9 Å². The molecule has 0 aliphatic rings. The van der Waals surface area contributed by atoms with Crippen LogP contribution in [0, 0.1) is 6.92 Å². The molecule has 2 aromatic heterocycles. The van der Waals surface area contributed by atoms with Crippen molar-refractivity contribution >= 4 is 0 Å². The maximum Gasteiger partial charge on any atom is 0.102 e. The Morgan fingerprint density at radius 1 is 1.44 bits per heavy atom. The van der Waals surface area contributed by atoms with Crippen LogP contribution in [0.15, 0.2) is 24.4 Å². The molecule has 4 nitrogen and oxygen atoms in total. The molecule has 0 aromatic carbocycles. The first kappa shape index (κ1) is 12.8. The predicted octanol–water partition coefficient (Wildman–Crippen LogP) is 1.96. The molecule has 0 saturated heterocycles. The number of aliphatic hydroxyl groups excluding tert-OH is 1. The van der Waals surface area contributed by atoms with Gasteiger partial charge in [0.15, 0.2) is 0 Å². The molecule has 0 aliphatic carbocycles.